The number of rotatable bonds is 19. The highest BCUT2D eigenvalue weighted by Crippen LogP contribution is 2.17. The third-order valence-electron chi connectivity index (χ3n) is 8.28. The third-order valence-corrected chi connectivity index (χ3v) is 8.28. The predicted octanol–water partition coefficient (Wildman–Crippen LogP) is 3.87. The van der Waals surface area contributed by atoms with Gasteiger partial charge in [0, 0.05) is 41.0 Å². The average Bonchev–Trinajstić information content (AvgIpc) is 2.97. The summed E-state index contributed by atoms with van der Waals surface area (Å²) in [5, 5.41) is 0. The van der Waals surface area contributed by atoms with Gasteiger partial charge in [-0.05, 0) is 61.1 Å². The third kappa shape index (κ3) is 17.6. The van der Waals surface area contributed by atoms with E-state index < -0.39 is 0 Å². The Labute approximate surface area is 284 Å². The van der Waals surface area contributed by atoms with E-state index in [1.54, 1.807) is 28.2 Å². The van der Waals surface area contributed by atoms with Gasteiger partial charge in [0.1, 0.15) is 11.5 Å². The maximum Gasteiger partial charge on any atom is 0.414 e. The minimum Gasteiger partial charge on any atom is -1.00 e. The quantitative estimate of drug-likeness (QED) is 0.166. The number of carbonyl (C=O) groups excluding carboxylic acids is 2. The van der Waals surface area contributed by atoms with E-state index in [9.17, 15) is 9.59 Å². The van der Waals surface area contributed by atoms with E-state index in [1.807, 2.05) is 24.3 Å². The molecule has 0 bridgehead atoms. The van der Waals surface area contributed by atoms with Gasteiger partial charge in [-0.15, -0.1) is 0 Å². The Kier molecular flexibility index (Phi) is 18.4. The first-order valence-electron chi connectivity index (χ1n) is 16.4. The molecule has 0 N–H and O–H groups in total. The SMILES string of the molecule is CN(C)C(=O)Oc1ccc(CC[N+](C)(C)CCCCCCCCCC[N+](C)(C)CCc2ccc(OC(=O)N(C)C)cc2)cc1.[Br-]. The molecule has 0 fully saturated rings. The lowest BCUT2D eigenvalue weighted by molar-refractivity contribution is -0.890. The minimum atomic E-state index is -0.353. The first-order chi connectivity index (χ1) is 20.8. The summed E-state index contributed by atoms with van der Waals surface area (Å²) < 4.78 is 12.7. The summed E-state index contributed by atoms with van der Waals surface area (Å²) >= 11 is 0. The Morgan fingerprint density at radius 3 is 1.09 bits per heavy atom. The van der Waals surface area contributed by atoms with Crippen molar-refractivity contribution in [3.05, 3.63) is 59.7 Å². The average molecular weight is 693 g/mol. The van der Waals surface area contributed by atoms with Crippen molar-refractivity contribution in [1.29, 1.82) is 0 Å². The highest BCUT2D eigenvalue weighted by atomic mass is 79.9. The van der Waals surface area contributed by atoms with Crippen LogP contribution in [0.15, 0.2) is 48.5 Å². The molecule has 0 radical (unpaired) electrons. The molecule has 2 amide bonds. The Morgan fingerprint density at radius 2 is 0.800 bits per heavy atom. The Hall–Kier alpha value is -2.62. The Balaban J connectivity index is 0.0000101. The molecule has 254 valence electrons. The number of unbranched alkanes of at least 4 members (excludes halogenated alkanes) is 7. The molecule has 0 aliphatic rings. The van der Waals surface area contributed by atoms with Gasteiger partial charge >= 0.3 is 12.2 Å². The molecule has 0 unspecified atom stereocenters. The van der Waals surface area contributed by atoms with Gasteiger partial charge in [0.15, 0.2) is 0 Å². The molecule has 0 saturated carbocycles. The van der Waals surface area contributed by atoms with Gasteiger partial charge in [0.25, 0.3) is 0 Å². The molecule has 0 heterocycles. The van der Waals surface area contributed by atoms with Crippen molar-refractivity contribution in [2.45, 2.75) is 64.2 Å². The molecular weight excluding hydrogens is 632 g/mol. The number of amides is 2. The van der Waals surface area contributed by atoms with Crippen LogP contribution in [0.3, 0.4) is 0 Å². The molecule has 2 rings (SSSR count). The lowest BCUT2D eigenvalue weighted by Gasteiger charge is -2.30. The lowest BCUT2D eigenvalue weighted by atomic mass is 10.1. The zero-order chi connectivity index (χ0) is 32.6. The molecule has 8 nitrogen and oxygen atoms in total. The van der Waals surface area contributed by atoms with E-state index in [0.29, 0.717) is 11.5 Å². The van der Waals surface area contributed by atoms with Crippen LogP contribution in [0.25, 0.3) is 0 Å². The number of carbonyl (C=O) groups is 2. The Morgan fingerprint density at radius 1 is 0.511 bits per heavy atom. The molecule has 2 aromatic rings. The fourth-order valence-corrected chi connectivity index (χ4v) is 5.06. The van der Waals surface area contributed by atoms with Crippen LogP contribution >= 0.6 is 0 Å². The second-order valence-corrected chi connectivity index (χ2v) is 13.9. The number of hydrogen-bond acceptors (Lipinski definition) is 4. The smallest absolute Gasteiger partial charge is 0.414 e. The van der Waals surface area contributed by atoms with Gasteiger partial charge in [-0.2, -0.15) is 0 Å². The van der Waals surface area contributed by atoms with Crippen LogP contribution in [0.2, 0.25) is 0 Å². The van der Waals surface area contributed by atoms with Crippen molar-refractivity contribution in [2.75, 3.05) is 82.6 Å². The fourth-order valence-electron chi connectivity index (χ4n) is 5.06. The summed E-state index contributed by atoms with van der Waals surface area (Å²) in [6, 6.07) is 15.8. The molecule has 0 spiro atoms. The Bertz CT molecular complexity index is 1030. The van der Waals surface area contributed by atoms with Gasteiger partial charge in [0.05, 0.1) is 54.4 Å². The molecule has 0 aromatic heterocycles. The molecule has 0 aliphatic carbocycles. The van der Waals surface area contributed by atoms with Crippen molar-refractivity contribution in [3.8, 4) is 11.5 Å². The zero-order valence-corrected chi connectivity index (χ0v) is 30.9. The normalized spacial score (nSPS) is 11.5. The van der Waals surface area contributed by atoms with Crippen molar-refractivity contribution in [1.82, 2.24) is 9.80 Å². The monoisotopic (exact) mass is 691 g/mol. The minimum absolute atomic E-state index is 0. The van der Waals surface area contributed by atoms with Crippen molar-refractivity contribution >= 4 is 12.2 Å². The first-order valence-corrected chi connectivity index (χ1v) is 16.4. The van der Waals surface area contributed by atoms with E-state index in [-0.39, 0.29) is 29.2 Å². The topological polar surface area (TPSA) is 59.1 Å². The summed E-state index contributed by atoms with van der Waals surface area (Å²) in [5.41, 5.74) is 2.55. The maximum absolute atomic E-state index is 11.7. The fraction of sp³-hybridized carbons (Fsp3) is 0.611. The number of halogens is 1. The number of ether oxygens (including phenoxy) is 2. The van der Waals surface area contributed by atoms with Gasteiger partial charge < -0.3 is 45.2 Å². The van der Waals surface area contributed by atoms with E-state index in [2.05, 4.69) is 52.5 Å². The molecule has 2 aromatic carbocycles. The van der Waals surface area contributed by atoms with E-state index >= 15 is 0 Å². The van der Waals surface area contributed by atoms with Crippen molar-refractivity contribution in [2.24, 2.45) is 0 Å². The highest BCUT2D eigenvalue weighted by Gasteiger charge is 2.16. The summed E-state index contributed by atoms with van der Waals surface area (Å²) in [7, 11) is 16.0. The van der Waals surface area contributed by atoms with E-state index in [0.717, 1.165) is 34.9 Å². The number of nitrogens with zero attached hydrogens (tertiary/aromatic N) is 4. The summed E-state index contributed by atoms with van der Waals surface area (Å²) in [6.45, 7) is 4.62. The second kappa shape index (κ2) is 20.5. The molecule has 0 aliphatic heterocycles. The van der Waals surface area contributed by atoms with E-state index in [4.69, 9.17) is 9.47 Å². The largest absolute Gasteiger partial charge is 1.00 e. The van der Waals surface area contributed by atoms with Gasteiger partial charge in [0.2, 0.25) is 0 Å². The predicted molar refractivity (Wildman–Crippen MR) is 180 cm³/mol. The number of hydrogen-bond donors (Lipinski definition) is 0. The van der Waals surface area contributed by atoms with Crippen molar-refractivity contribution in [3.63, 3.8) is 0 Å². The highest BCUT2D eigenvalue weighted by molar-refractivity contribution is 5.70. The molecule has 0 saturated heterocycles. The summed E-state index contributed by atoms with van der Waals surface area (Å²) in [5.74, 6) is 1.18. The van der Waals surface area contributed by atoms with Crippen LogP contribution in [-0.4, -0.2) is 114 Å². The summed E-state index contributed by atoms with van der Waals surface area (Å²) in [4.78, 5) is 26.3. The van der Waals surface area contributed by atoms with Gasteiger partial charge in [-0.3, -0.25) is 0 Å². The molecule has 45 heavy (non-hydrogen) atoms. The van der Waals surface area contributed by atoms with Crippen molar-refractivity contribution < 1.29 is 45.0 Å². The van der Waals surface area contributed by atoms with Crippen LogP contribution in [0.5, 0.6) is 11.5 Å². The van der Waals surface area contributed by atoms with Crippen LogP contribution in [0.1, 0.15) is 62.5 Å². The van der Waals surface area contributed by atoms with Gasteiger partial charge in [-0.1, -0.05) is 49.9 Å². The van der Waals surface area contributed by atoms with Crippen LogP contribution < -0.4 is 26.5 Å². The maximum atomic E-state index is 11.7. The standard InChI is InChI=1S/C36H60N4O4.BrH/c1-37(2)35(41)43-33-21-17-31(18-22-33)25-29-39(5,6)27-15-13-11-9-10-12-14-16-28-40(7,8)30-26-32-19-23-34(24-20-32)44-36(42)38(3)4;/h17-24H,9-16,25-30H2,1-8H3;1H/q+2;/p-1. The first kappa shape index (κ1) is 40.4. The number of quaternary nitrogens is 2. The summed E-state index contributed by atoms with van der Waals surface area (Å²) in [6.07, 6.45) is 11.9. The van der Waals surface area contributed by atoms with Crippen LogP contribution in [-0.2, 0) is 12.8 Å². The van der Waals surface area contributed by atoms with Crippen LogP contribution in [0, 0.1) is 0 Å². The number of likely N-dealkylation sites (N-methyl/N-ethyl adjacent to an activating group) is 2. The zero-order valence-electron chi connectivity index (χ0n) is 29.3. The second-order valence-electron chi connectivity index (χ2n) is 13.9. The molecule has 0 atom stereocenters. The van der Waals surface area contributed by atoms with E-state index in [1.165, 1.54) is 85.4 Å². The van der Waals surface area contributed by atoms with Crippen LogP contribution in [0.4, 0.5) is 9.59 Å². The number of benzene rings is 2. The molecular formula is C36H60BrN4O4+. The van der Waals surface area contributed by atoms with Gasteiger partial charge in [-0.25, -0.2) is 9.59 Å². The molecule has 9 heteroatoms. The lowest BCUT2D eigenvalue weighted by Crippen LogP contribution is -3.00.